The Kier molecular flexibility index (Phi) is 6.02. The summed E-state index contributed by atoms with van der Waals surface area (Å²) < 4.78 is 47.1. The maximum absolute atomic E-state index is 11.5. The zero-order valence-corrected chi connectivity index (χ0v) is 7.47. The second-order valence-electron chi connectivity index (χ2n) is 2.09. The van der Waals surface area contributed by atoms with Crippen molar-refractivity contribution in [3.05, 3.63) is 6.61 Å². The topological polar surface area (TPSA) is 44.8 Å². The minimum absolute atomic E-state index is 0.141. The normalized spacial score (nSPS) is 11.1. The van der Waals surface area contributed by atoms with Gasteiger partial charge in [0.25, 0.3) is 0 Å². The average molecular weight is 215 g/mol. The molecule has 0 saturated heterocycles. The fourth-order valence-electron chi connectivity index (χ4n) is 0.463. The molecule has 0 aliphatic carbocycles. The summed E-state index contributed by atoms with van der Waals surface area (Å²) in [4.78, 5) is 10.5. The highest BCUT2D eigenvalue weighted by Gasteiger charge is 2.27. The molecule has 1 radical (unpaired) electrons. The van der Waals surface area contributed by atoms with E-state index in [2.05, 4.69) is 14.2 Å². The van der Waals surface area contributed by atoms with Crippen LogP contribution in [0, 0.1) is 6.61 Å². The summed E-state index contributed by atoms with van der Waals surface area (Å²) in [5, 5.41) is 0. The van der Waals surface area contributed by atoms with E-state index >= 15 is 0 Å². The van der Waals surface area contributed by atoms with Crippen molar-refractivity contribution in [3.63, 3.8) is 0 Å². The molecule has 4 nitrogen and oxygen atoms in total. The van der Waals surface area contributed by atoms with Gasteiger partial charge in [-0.25, -0.2) is 4.79 Å². The van der Waals surface area contributed by atoms with Crippen LogP contribution in [0.3, 0.4) is 0 Å². The first-order valence-electron chi connectivity index (χ1n) is 3.75. The van der Waals surface area contributed by atoms with Gasteiger partial charge >= 0.3 is 12.3 Å². The van der Waals surface area contributed by atoms with Crippen molar-refractivity contribution in [1.82, 2.24) is 0 Å². The lowest BCUT2D eigenvalue weighted by Crippen LogP contribution is -2.17. The smallest absolute Gasteiger partial charge is 0.435 e. The van der Waals surface area contributed by atoms with Crippen molar-refractivity contribution in [1.29, 1.82) is 0 Å². The minimum Gasteiger partial charge on any atom is -0.435 e. The number of carbonyl (C=O) groups is 1. The van der Waals surface area contributed by atoms with Crippen LogP contribution in [0.2, 0.25) is 0 Å². The Morgan fingerprint density at radius 1 is 1.36 bits per heavy atom. The first kappa shape index (κ1) is 13.0. The van der Waals surface area contributed by atoms with Crippen LogP contribution in [0.4, 0.5) is 18.0 Å². The molecule has 14 heavy (non-hydrogen) atoms. The quantitative estimate of drug-likeness (QED) is 0.519. The highest BCUT2D eigenvalue weighted by atomic mass is 19.4. The second kappa shape index (κ2) is 6.47. The SMILES string of the molecule is CCOC(=O)OC[CH]OCC(F)(F)F. The van der Waals surface area contributed by atoms with Gasteiger partial charge in [0.1, 0.15) is 19.8 Å². The molecule has 0 bridgehead atoms. The predicted octanol–water partition coefficient (Wildman–Crippen LogP) is 1.90. The second-order valence-corrected chi connectivity index (χ2v) is 2.09. The molecule has 0 aromatic carbocycles. The molecule has 0 rings (SSSR count). The molecule has 0 aromatic rings. The fourth-order valence-corrected chi connectivity index (χ4v) is 0.463. The van der Waals surface area contributed by atoms with Crippen LogP contribution in [-0.4, -0.2) is 32.2 Å². The van der Waals surface area contributed by atoms with E-state index in [1.807, 2.05) is 0 Å². The van der Waals surface area contributed by atoms with Gasteiger partial charge in [-0.3, -0.25) is 0 Å². The largest absolute Gasteiger partial charge is 0.508 e. The predicted molar refractivity (Wildman–Crippen MR) is 39.3 cm³/mol. The van der Waals surface area contributed by atoms with E-state index in [1.165, 1.54) is 0 Å². The van der Waals surface area contributed by atoms with Gasteiger partial charge in [-0.1, -0.05) is 0 Å². The zero-order chi connectivity index (χ0) is 11.0. The Hall–Kier alpha value is -0.980. The number of hydrogen-bond acceptors (Lipinski definition) is 4. The van der Waals surface area contributed by atoms with Crippen LogP contribution >= 0.6 is 0 Å². The number of ether oxygens (including phenoxy) is 3. The van der Waals surface area contributed by atoms with Crippen LogP contribution in [-0.2, 0) is 14.2 Å². The van der Waals surface area contributed by atoms with Gasteiger partial charge in [-0.2, -0.15) is 13.2 Å². The van der Waals surface area contributed by atoms with Crippen LogP contribution in [0.1, 0.15) is 6.92 Å². The average Bonchev–Trinajstić information content (AvgIpc) is 2.02. The van der Waals surface area contributed by atoms with Gasteiger partial charge in [-0.15, -0.1) is 0 Å². The number of rotatable bonds is 5. The lowest BCUT2D eigenvalue weighted by molar-refractivity contribution is -0.167. The van der Waals surface area contributed by atoms with E-state index in [-0.39, 0.29) is 13.2 Å². The van der Waals surface area contributed by atoms with Crippen LogP contribution in [0.25, 0.3) is 0 Å². The van der Waals surface area contributed by atoms with E-state index < -0.39 is 18.9 Å². The maximum atomic E-state index is 11.5. The van der Waals surface area contributed by atoms with Gasteiger partial charge < -0.3 is 14.2 Å². The lowest BCUT2D eigenvalue weighted by Gasteiger charge is -2.07. The van der Waals surface area contributed by atoms with E-state index in [4.69, 9.17) is 0 Å². The molecular formula is C7H10F3O4. The van der Waals surface area contributed by atoms with Crippen molar-refractivity contribution >= 4 is 6.16 Å². The molecule has 0 aromatic heterocycles. The third kappa shape index (κ3) is 9.11. The minimum atomic E-state index is -4.39. The van der Waals surface area contributed by atoms with Crippen molar-refractivity contribution < 1.29 is 32.2 Å². The van der Waals surface area contributed by atoms with Gasteiger partial charge in [0.2, 0.25) is 0 Å². The molecule has 0 N–H and O–H groups in total. The van der Waals surface area contributed by atoms with E-state index in [9.17, 15) is 18.0 Å². The highest BCUT2D eigenvalue weighted by molar-refractivity contribution is 5.59. The zero-order valence-electron chi connectivity index (χ0n) is 7.47. The summed E-state index contributed by atoms with van der Waals surface area (Å²) in [5.74, 6) is 0. The van der Waals surface area contributed by atoms with Gasteiger partial charge in [0.05, 0.1) is 6.61 Å². The fraction of sp³-hybridized carbons (Fsp3) is 0.714. The molecule has 0 atom stereocenters. The van der Waals surface area contributed by atoms with Crippen molar-refractivity contribution in [3.8, 4) is 0 Å². The molecule has 7 heteroatoms. The van der Waals surface area contributed by atoms with E-state index in [0.29, 0.717) is 0 Å². The molecule has 0 aliphatic rings. The standard InChI is InChI=1S/C7H10F3O4/c1-2-13-6(11)14-4-3-12-5-7(8,9)10/h3H,2,4-5H2,1H3. The number of alkyl halides is 3. The molecule has 0 fully saturated rings. The first-order valence-corrected chi connectivity index (χ1v) is 3.75. The maximum Gasteiger partial charge on any atom is 0.508 e. The van der Waals surface area contributed by atoms with Crippen molar-refractivity contribution in [2.24, 2.45) is 0 Å². The Labute approximate surface area is 78.9 Å². The summed E-state index contributed by atoms with van der Waals surface area (Å²) >= 11 is 0. The summed E-state index contributed by atoms with van der Waals surface area (Å²) in [6.07, 6.45) is -5.33. The monoisotopic (exact) mass is 215 g/mol. The number of carbonyl (C=O) groups excluding carboxylic acids is 1. The van der Waals surface area contributed by atoms with Gasteiger partial charge in [0.15, 0.2) is 0 Å². The Balaban J connectivity index is 3.26. The highest BCUT2D eigenvalue weighted by Crippen LogP contribution is 2.14. The van der Waals surface area contributed by atoms with Crippen LogP contribution < -0.4 is 0 Å². The molecule has 0 heterocycles. The summed E-state index contributed by atoms with van der Waals surface area (Å²) in [6, 6.07) is 0. The van der Waals surface area contributed by atoms with Crippen LogP contribution in [0.15, 0.2) is 0 Å². The number of hydrogen-bond donors (Lipinski definition) is 0. The van der Waals surface area contributed by atoms with E-state index in [0.717, 1.165) is 6.61 Å². The Morgan fingerprint density at radius 3 is 2.50 bits per heavy atom. The first-order chi connectivity index (χ1) is 6.45. The van der Waals surface area contributed by atoms with Gasteiger partial charge in [0, 0.05) is 0 Å². The van der Waals surface area contributed by atoms with Crippen LogP contribution in [0.5, 0.6) is 0 Å². The Morgan fingerprint density at radius 2 is 2.00 bits per heavy atom. The summed E-state index contributed by atoms with van der Waals surface area (Å²) in [6.45, 7) is 0.672. The third-order valence-corrected chi connectivity index (χ3v) is 0.896. The summed E-state index contributed by atoms with van der Waals surface area (Å²) in [7, 11) is 0. The third-order valence-electron chi connectivity index (χ3n) is 0.896. The molecule has 0 saturated carbocycles. The molecule has 0 aliphatic heterocycles. The summed E-state index contributed by atoms with van der Waals surface area (Å²) in [5.41, 5.74) is 0. The van der Waals surface area contributed by atoms with Crippen molar-refractivity contribution in [2.45, 2.75) is 13.1 Å². The van der Waals surface area contributed by atoms with E-state index in [1.54, 1.807) is 6.92 Å². The molecule has 0 amide bonds. The lowest BCUT2D eigenvalue weighted by atomic mass is 10.7. The molecule has 0 spiro atoms. The Bertz CT molecular complexity index is 169. The molecule has 83 valence electrons. The van der Waals surface area contributed by atoms with Crippen molar-refractivity contribution in [2.75, 3.05) is 19.8 Å². The molecule has 0 unspecified atom stereocenters. The number of halogens is 3. The van der Waals surface area contributed by atoms with Gasteiger partial charge in [-0.05, 0) is 6.92 Å². The molecular weight excluding hydrogens is 205 g/mol.